The van der Waals surface area contributed by atoms with Gasteiger partial charge in [0.15, 0.2) is 12.4 Å². The third-order valence-corrected chi connectivity index (χ3v) is 9.52. The maximum Gasteiger partial charge on any atom is 0.168 e. The van der Waals surface area contributed by atoms with Gasteiger partial charge in [0.2, 0.25) is 0 Å². The summed E-state index contributed by atoms with van der Waals surface area (Å²) in [5, 5.41) is 0. The summed E-state index contributed by atoms with van der Waals surface area (Å²) in [6, 6.07) is 6.31. The van der Waals surface area contributed by atoms with Gasteiger partial charge < -0.3 is 33.9 Å². The van der Waals surface area contributed by atoms with Crippen molar-refractivity contribution < 1.29 is 38.4 Å². The highest BCUT2D eigenvalue weighted by atomic mass is 79.9. The van der Waals surface area contributed by atoms with Gasteiger partial charge in [-0.05, 0) is 26.2 Å². The third kappa shape index (κ3) is 40.0. The zero-order chi connectivity index (χ0) is 31.5. The Morgan fingerprint density at radius 3 is 1.00 bits per heavy atom. The molecular weight excluding hydrogens is 636 g/mol. The van der Waals surface area contributed by atoms with Crippen molar-refractivity contribution in [3.63, 3.8) is 0 Å². The molecule has 2 nitrogen and oxygen atoms in total. The van der Waals surface area contributed by atoms with E-state index >= 15 is 0 Å². The molecule has 0 aliphatic heterocycles. The molecule has 0 aliphatic carbocycles. The molecule has 4 heteroatoms. The Morgan fingerprint density at radius 1 is 0.400 bits per heavy atom. The molecule has 0 N–H and O–H groups in total. The van der Waals surface area contributed by atoms with Crippen molar-refractivity contribution in [2.75, 3.05) is 27.2 Å². The number of halogens is 2. The molecule has 45 heavy (non-hydrogen) atoms. The topological polar surface area (TPSA) is 3.88 Å². The lowest BCUT2D eigenvalue weighted by atomic mass is 10.0. The SMILES string of the molecule is CCCCCCCCCCCCCCCC[N+](C)(C)CC.CCCCCCCCCCCCCCCC[n+]1ccccc1.[Br-].[Cl-]. The lowest BCUT2D eigenvalue weighted by Gasteiger charge is -2.28. The van der Waals surface area contributed by atoms with Gasteiger partial charge in [-0.15, -0.1) is 0 Å². The third-order valence-electron chi connectivity index (χ3n) is 9.52. The van der Waals surface area contributed by atoms with Crippen LogP contribution in [0.15, 0.2) is 30.6 Å². The van der Waals surface area contributed by atoms with Gasteiger partial charge in [0.1, 0.15) is 6.54 Å². The summed E-state index contributed by atoms with van der Waals surface area (Å²) in [5.74, 6) is 0. The van der Waals surface area contributed by atoms with Crippen LogP contribution >= 0.6 is 0 Å². The Hall–Kier alpha value is -0.120. The second kappa shape index (κ2) is 40.1. The number of hydrogen-bond donors (Lipinski definition) is 0. The predicted molar refractivity (Wildman–Crippen MR) is 195 cm³/mol. The zero-order valence-electron chi connectivity index (χ0n) is 31.5. The smallest absolute Gasteiger partial charge is 0.168 e. The van der Waals surface area contributed by atoms with Gasteiger partial charge in [0.25, 0.3) is 0 Å². The highest BCUT2D eigenvalue weighted by Gasteiger charge is 2.10. The van der Waals surface area contributed by atoms with E-state index < -0.39 is 0 Å². The van der Waals surface area contributed by atoms with E-state index in [9.17, 15) is 0 Å². The first-order valence-electron chi connectivity index (χ1n) is 19.8. The molecule has 1 aromatic rings. The number of pyridine rings is 1. The van der Waals surface area contributed by atoms with Gasteiger partial charge in [-0.25, -0.2) is 4.57 Å². The van der Waals surface area contributed by atoms with E-state index in [4.69, 9.17) is 0 Å². The monoisotopic (exact) mass is 717 g/mol. The summed E-state index contributed by atoms with van der Waals surface area (Å²) < 4.78 is 3.48. The van der Waals surface area contributed by atoms with Crippen LogP contribution in [0.2, 0.25) is 0 Å². The number of nitrogens with zero attached hydrogens (tertiary/aromatic N) is 2. The fraction of sp³-hybridized carbons (Fsp3) is 0.878. The highest BCUT2D eigenvalue weighted by Crippen LogP contribution is 2.14. The van der Waals surface area contributed by atoms with Crippen molar-refractivity contribution in [2.45, 2.75) is 207 Å². The number of aromatic nitrogens is 1. The van der Waals surface area contributed by atoms with E-state index in [1.165, 1.54) is 204 Å². The Bertz CT molecular complexity index is 640. The van der Waals surface area contributed by atoms with Crippen LogP contribution in [0.5, 0.6) is 0 Å². The first-order chi connectivity index (χ1) is 21.1. The van der Waals surface area contributed by atoms with E-state index in [0.717, 1.165) is 0 Å². The summed E-state index contributed by atoms with van der Waals surface area (Å²) in [6.07, 6.45) is 44.8. The largest absolute Gasteiger partial charge is 1.00 e. The highest BCUT2D eigenvalue weighted by molar-refractivity contribution is 4.83. The van der Waals surface area contributed by atoms with Crippen molar-refractivity contribution in [1.82, 2.24) is 0 Å². The first kappa shape index (κ1) is 49.3. The Kier molecular flexibility index (Phi) is 43.9. The van der Waals surface area contributed by atoms with Gasteiger partial charge in [0.05, 0.1) is 27.2 Å². The van der Waals surface area contributed by atoms with E-state index in [0.29, 0.717) is 0 Å². The molecule has 0 aromatic carbocycles. The van der Waals surface area contributed by atoms with Gasteiger partial charge >= 0.3 is 0 Å². The lowest BCUT2D eigenvalue weighted by Crippen LogP contribution is -3.00. The molecule has 0 bridgehead atoms. The first-order valence-corrected chi connectivity index (χ1v) is 19.8. The van der Waals surface area contributed by atoms with E-state index in [2.05, 4.69) is 70.0 Å². The molecule has 0 spiro atoms. The molecular formula is C41H82BrClN2. The fourth-order valence-electron chi connectivity index (χ4n) is 5.96. The second-order valence-corrected chi connectivity index (χ2v) is 14.3. The molecule has 0 amide bonds. The standard InChI is InChI=1S/C21H38N.C20H44N.BrH.ClH/c1-2-3-4-5-6-7-8-9-10-11-12-13-14-16-19-22-20-17-15-18-21-22;1-5-7-8-9-10-11-12-13-14-15-16-17-18-19-20-21(3,4)6-2;;/h15,17-18,20-21H,2-14,16,19H2,1H3;5-20H2,1-4H3;2*1H/q2*+1;;/p-2. The molecule has 0 aliphatic rings. The Morgan fingerprint density at radius 2 is 0.689 bits per heavy atom. The number of unbranched alkanes of at least 4 members (excludes halogenated alkanes) is 26. The van der Waals surface area contributed by atoms with Crippen LogP contribution in [0.4, 0.5) is 0 Å². The number of aryl methyl sites for hydroxylation is 1. The van der Waals surface area contributed by atoms with Crippen LogP contribution in [0.25, 0.3) is 0 Å². The van der Waals surface area contributed by atoms with Crippen LogP contribution in [0, 0.1) is 0 Å². The van der Waals surface area contributed by atoms with Crippen molar-refractivity contribution in [2.24, 2.45) is 0 Å². The maximum atomic E-state index is 2.35. The summed E-state index contributed by atoms with van der Waals surface area (Å²) >= 11 is 0. The lowest BCUT2D eigenvalue weighted by molar-refractivity contribution is -0.888. The molecule has 270 valence electrons. The van der Waals surface area contributed by atoms with Crippen LogP contribution in [0.1, 0.15) is 201 Å². The van der Waals surface area contributed by atoms with Crippen LogP contribution in [0.3, 0.4) is 0 Å². The van der Waals surface area contributed by atoms with Gasteiger partial charge in [-0.1, -0.05) is 174 Å². The summed E-state index contributed by atoms with van der Waals surface area (Å²) in [6.45, 7) is 10.7. The Labute approximate surface area is 302 Å². The number of hydrogen-bond acceptors (Lipinski definition) is 0. The number of rotatable bonds is 31. The van der Waals surface area contributed by atoms with Crippen LogP contribution < -0.4 is 34.0 Å². The summed E-state index contributed by atoms with van der Waals surface area (Å²) in [7, 11) is 4.70. The minimum atomic E-state index is 0. The van der Waals surface area contributed by atoms with Crippen molar-refractivity contribution >= 4 is 0 Å². The van der Waals surface area contributed by atoms with Gasteiger partial charge in [-0.3, -0.25) is 0 Å². The fourth-order valence-corrected chi connectivity index (χ4v) is 5.96. The normalized spacial score (nSPS) is 11.0. The van der Waals surface area contributed by atoms with Gasteiger partial charge in [0, 0.05) is 18.6 Å². The molecule has 0 unspecified atom stereocenters. The van der Waals surface area contributed by atoms with Crippen molar-refractivity contribution in [3.05, 3.63) is 30.6 Å². The summed E-state index contributed by atoms with van der Waals surface area (Å²) in [4.78, 5) is 0. The average molecular weight is 718 g/mol. The maximum absolute atomic E-state index is 2.35. The Balaban J connectivity index is -0.000000752. The second-order valence-electron chi connectivity index (χ2n) is 14.3. The molecule has 0 radical (unpaired) electrons. The zero-order valence-corrected chi connectivity index (χ0v) is 33.8. The molecule has 1 rings (SSSR count). The van der Waals surface area contributed by atoms with Crippen molar-refractivity contribution in [1.29, 1.82) is 0 Å². The van der Waals surface area contributed by atoms with Crippen LogP contribution in [-0.4, -0.2) is 31.7 Å². The van der Waals surface area contributed by atoms with E-state index in [1.54, 1.807) is 0 Å². The van der Waals surface area contributed by atoms with Crippen molar-refractivity contribution in [3.8, 4) is 0 Å². The minimum Gasteiger partial charge on any atom is -1.00 e. The molecule has 1 heterocycles. The molecule has 0 atom stereocenters. The average Bonchev–Trinajstić information content (AvgIpc) is 3.02. The summed E-state index contributed by atoms with van der Waals surface area (Å²) in [5.41, 5.74) is 0. The number of quaternary nitrogens is 1. The molecule has 0 fully saturated rings. The quantitative estimate of drug-likeness (QED) is 0.0442. The van der Waals surface area contributed by atoms with Crippen LogP contribution in [-0.2, 0) is 6.54 Å². The molecule has 1 aromatic heterocycles. The minimum absolute atomic E-state index is 0. The van der Waals surface area contributed by atoms with E-state index in [-0.39, 0.29) is 29.4 Å². The molecule has 0 saturated carbocycles. The molecule has 0 saturated heterocycles. The van der Waals surface area contributed by atoms with Gasteiger partial charge in [-0.2, -0.15) is 0 Å². The predicted octanol–water partition coefficient (Wildman–Crippen LogP) is 7.03. The van der Waals surface area contributed by atoms with E-state index in [1.807, 2.05) is 0 Å².